The first-order chi connectivity index (χ1) is 9.96. The van der Waals surface area contributed by atoms with E-state index in [1.165, 1.54) is 0 Å². The van der Waals surface area contributed by atoms with Gasteiger partial charge in [0.25, 0.3) is 0 Å². The summed E-state index contributed by atoms with van der Waals surface area (Å²) in [5.74, 6) is 1.10. The largest absolute Gasteiger partial charge is 0.374 e. The van der Waals surface area contributed by atoms with Gasteiger partial charge in [-0.1, -0.05) is 11.6 Å². The van der Waals surface area contributed by atoms with Crippen molar-refractivity contribution in [3.05, 3.63) is 17.0 Å². The van der Waals surface area contributed by atoms with Gasteiger partial charge < -0.3 is 15.0 Å². The van der Waals surface area contributed by atoms with Crippen LogP contribution in [0.2, 0.25) is 5.15 Å². The highest BCUT2D eigenvalue weighted by Crippen LogP contribution is 2.16. The highest BCUT2D eigenvalue weighted by atomic mass is 35.5. The van der Waals surface area contributed by atoms with Crippen LogP contribution >= 0.6 is 11.6 Å². The van der Waals surface area contributed by atoms with Crippen LogP contribution < -0.4 is 10.2 Å². The number of nitrogens with one attached hydrogen (secondary N) is 1. The maximum Gasteiger partial charge on any atom is 0.239 e. The minimum atomic E-state index is -0.0482. The second-order valence-corrected chi connectivity index (χ2v) is 5.23. The third-order valence-corrected chi connectivity index (χ3v) is 2.85. The maximum atomic E-state index is 11.9. The second-order valence-electron chi connectivity index (χ2n) is 4.84. The van der Waals surface area contributed by atoms with Crippen LogP contribution in [0.5, 0.6) is 0 Å². The number of nitrogens with zero attached hydrogens (tertiary/aromatic N) is 3. The molecule has 7 heteroatoms. The molecule has 21 heavy (non-hydrogen) atoms. The van der Waals surface area contributed by atoms with Crippen molar-refractivity contribution in [2.24, 2.45) is 0 Å². The zero-order valence-electron chi connectivity index (χ0n) is 13.0. The van der Waals surface area contributed by atoms with E-state index in [1.54, 1.807) is 6.07 Å². The van der Waals surface area contributed by atoms with E-state index in [1.807, 2.05) is 32.6 Å². The lowest BCUT2D eigenvalue weighted by Crippen LogP contribution is -2.40. The van der Waals surface area contributed by atoms with Crippen molar-refractivity contribution < 1.29 is 9.53 Å². The van der Waals surface area contributed by atoms with Crippen LogP contribution in [0.25, 0.3) is 0 Å². The molecule has 1 aromatic heterocycles. The molecule has 0 saturated carbocycles. The number of anilines is 1. The number of hydrogen-bond acceptors (Lipinski definition) is 5. The molecule has 0 radical (unpaired) electrons. The Balaban J connectivity index is 2.84. The Kier molecular flexibility index (Phi) is 7.39. The number of likely N-dealkylation sites (N-methyl/N-ethyl adjacent to an activating group) is 1. The van der Waals surface area contributed by atoms with E-state index >= 15 is 0 Å². The highest BCUT2D eigenvalue weighted by Gasteiger charge is 2.14. The number of halogens is 1. The normalized spacial score (nSPS) is 10.8. The summed E-state index contributed by atoms with van der Waals surface area (Å²) in [4.78, 5) is 22.2. The summed E-state index contributed by atoms with van der Waals surface area (Å²) in [6.07, 6.45) is 0. The van der Waals surface area contributed by atoms with Crippen LogP contribution in [0.4, 0.5) is 5.82 Å². The van der Waals surface area contributed by atoms with E-state index in [9.17, 15) is 4.79 Å². The van der Waals surface area contributed by atoms with Gasteiger partial charge in [0.2, 0.25) is 5.91 Å². The number of aromatic nitrogens is 2. The Morgan fingerprint density at radius 2 is 2.14 bits per heavy atom. The van der Waals surface area contributed by atoms with Crippen molar-refractivity contribution in [1.29, 1.82) is 0 Å². The van der Waals surface area contributed by atoms with E-state index in [0.717, 1.165) is 0 Å². The standard InChI is InChI=1S/C14H23ClN4O2/c1-5-19(8-14(20)16-10(3)4)13-7-11(15)17-12(18-13)9-21-6-2/h7,10H,5-6,8-9H2,1-4H3,(H,16,20). The predicted molar refractivity (Wildman–Crippen MR) is 83.5 cm³/mol. The highest BCUT2D eigenvalue weighted by molar-refractivity contribution is 6.29. The van der Waals surface area contributed by atoms with E-state index in [-0.39, 0.29) is 18.5 Å². The van der Waals surface area contributed by atoms with Crippen LogP contribution in [0.1, 0.15) is 33.5 Å². The van der Waals surface area contributed by atoms with Gasteiger partial charge in [-0.05, 0) is 27.7 Å². The molecule has 0 unspecified atom stereocenters. The van der Waals surface area contributed by atoms with Crippen molar-refractivity contribution in [2.45, 2.75) is 40.3 Å². The summed E-state index contributed by atoms with van der Waals surface area (Å²) >= 11 is 6.02. The molecular formula is C14H23ClN4O2. The van der Waals surface area contributed by atoms with Crippen LogP contribution in [-0.4, -0.2) is 41.6 Å². The molecule has 1 N–H and O–H groups in total. The first-order valence-electron chi connectivity index (χ1n) is 7.11. The SMILES string of the molecule is CCOCc1nc(Cl)cc(N(CC)CC(=O)NC(C)C)n1. The number of rotatable bonds is 8. The molecule has 1 aromatic rings. The molecule has 1 rings (SSSR count). The number of carbonyl (C=O) groups is 1. The van der Waals surface area contributed by atoms with Crippen molar-refractivity contribution in [2.75, 3.05) is 24.6 Å². The lowest BCUT2D eigenvalue weighted by molar-refractivity contribution is -0.120. The Morgan fingerprint density at radius 3 is 2.71 bits per heavy atom. The van der Waals surface area contributed by atoms with Crippen molar-refractivity contribution in [3.63, 3.8) is 0 Å². The Bertz CT molecular complexity index is 468. The fraction of sp³-hybridized carbons (Fsp3) is 0.643. The smallest absolute Gasteiger partial charge is 0.239 e. The average molecular weight is 315 g/mol. The van der Waals surface area contributed by atoms with Crippen LogP contribution in [-0.2, 0) is 16.1 Å². The van der Waals surface area contributed by atoms with E-state index in [4.69, 9.17) is 16.3 Å². The number of hydrogen-bond donors (Lipinski definition) is 1. The van der Waals surface area contributed by atoms with Crippen LogP contribution in [0, 0.1) is 0 Å². The molecule has 0 fully saturated rings. The minimum absolute atomic E-state index is 0.0482. The third-order valence-electron chi connectivity index (χ3n) is 2.65. The molecule has 118 valence electrons. The van der Waals surface area contributed by atoms with Crippen molar-refractivity contribution in [1.82, 2.24) is 15.3 Å². The van der Waals surface area contributed by atoms with E-state index in [2.05, 4.69) is 15.3 Å². The van der Waals surface area contributed by atoms with Gasteiger partial charge in [0.1, 0.15) is 17.6 Å². The maximum absolute atomic E-state index is 11.9. The Labute approximate surface area is 130 Å². The average Bonchev–Trinajstić information content (AvgIpc) is 2.41. The Hall–Kier alpha value is -1.40. The van der Waals surface area contributed by atoms with Gasteiger partial charge in [-0.25, -0.2) is 9.97 Å². The quantitative estimate of drug-likeness (QED) is 0.744. The van der Waals surface area contributed by atoms with Gasteiger partial charge in [0.05, 0.1) is 6.54 Å². The molecule has 0 saturated heterocycles. The summed E-state index contributed by atoms with van der Waals surface area (Å²) in [5, 5.41) is 3.20. The fourth-order valence-electron chi connectivity index (χ4n) is 1.77. The van der Waals surface area contributed by atoms with Gasteiger partial charge >= 0.3 is 0 Å². The summed E-state index contributed by atoms with van der Waals surface area (Å²) in [6, 6.07) is 1.77. The monoisotopic (exact) mass is 314 g/mol. The molecule has 1 heterocycles. The van der Waals surface area contributed by atoms with Gasteiger partial charge in [0, 0.05) is 25.3 Å². The molecule has 0 aromatic carbocycles. The first kappa shape index (κ1) is 17.7. The lowest BCUT2D eigenvalue weighted by atomic mass is 10.3. The molecule has 6 nitrogen and oxygen atoms in total. The van der Waals surface area contributed by atoms with Gasteiger partial charge in [-0.15, -0.1) is 0 Å². The topological polar surface area (TPSA) is 67.3 Å². The third kappa shape index (κ3) is 6.27. The second kappa shape index (κ2) is 8.79. The zero-order chi connectivity index (χ0) is 15.8. The molecule has 0 aliphatic carbocycles. The molecule has 0 atom stereocenters. The molecule has 0 aliphatic rings. The predicted octanol–water partition coefficient (Wildman–Crippen LogP) is 2.02. The lowest BCUT2D eigenvalue weighted by Gasteiger charge is -2.22. The summed E-state index contributed by atoms with van der Waals surface area (Å²) in [5.41, 5.74) is 0. The van der Waals surface area contributed by atoms with Crippen LogP contribution in [0.3, 0.4) is 0 Å². The zero-order valence-corrected chi connectivity index (χ0v) is 13.8. The van der Waals surface area contributed by atoms with E-state index < -0.39 is 0 Å². The molecular weight excluding hydrogens is 292 g/mol. The van der Waals surface area contributed by atoms with Gasteiger partial charge in [-0.3, -0.25) is 4.79 Å². The molecule has 0 spiro atoms. The molecule has 1 amide bonds. The summed E-state index contributed by atoms with van der Waals surface area (Å²) < 4.78 is 5.30. The minimum Gasteiger partial charge on any atom is -0.374 e. The van der Waals surface area contributed by atoms with Gasteiger partial charge in [0.15, 0.2) is 5.82 Å². The van der Waals surface area contributed by atoms with Crippen molar-refractivity contribution >= 4 is 23.3 Å². The summed E-state index contributed by atoms with van der Waals surface area (Å²) in [7, 11) is 0. The van der Waals surface area contributed by atoms with Gasteiger partial charge in [-0.2, -0.15) is 0 Å². The van der Waals surface area contributed by atoms with E-state index in [0.29, 0.717) is 36.6 Å². The molecule has 0 bridgehead atoms. The van der Waals surface area contributed by atoms with Crippen molar-refractivity contribution in [3.8, 4) is 0 Å². The number of carbonyl (C=O) groups excluding carboxylic acids is 1. The first-order valence-corrected chi connectivity index (χ1v) is 7.49. The molecule has 0 aliphatic heterocycles. The summed E-state index contributed by atoms with van der Waals surface area (Å²) in [6.45, 7) is 9.48. The van der Waals surface area contributed by atoms with Crippen LogP contribution in [0.15, 0.2) is 6.07 Å². The fourth-order valence-corrected chi connectivity index (χ4v) is 1.96. The Morgan fingerprint density at radius 1 is 1.43 bits per heavy atom. The number of ether oxygens (including phenoxy) is 1. The number of amides is 1.